The number of piperidine rings is 1. The highest BCUT2D eigenvalue weighted by Gasteiger charge is 2.26. The Morgan fingerprint density at radius 1 is 1.18 bits per heavy atom. The second kappa shape index (κ2) is 6.44. The van der Waals surface area contributed by atoms with Crippen LogP contribution in [0.15, 0.2) is 42.6 Å². The number of nitrogens with zero attached hydrogens (tertiary/aromatic N) is 2. The van der Waals surface area contributed by atoms with Gasteiger partial charge in [0.2, 0.25) is 0 Å². The van der Waals surface area contributed by atoms with Crippen LogP contribution in [0.2, 0.25) is 5.15 Å². The summed E-state index contributed by atoms with van der Waals surface area (Å²) >= 11 is 5.91. The highest BCUT2D eigenvalue weighted by molar-refractivity contribution is 6.29. The van der Waals surface area contributed by atoms with Gasteiger partial charge >= 0.3 is 0 Å². The molecule has 0 atom stereocenters. The Labute approximate surface area is 133 Å². The van der Waals surface area contributed by atoms with Crippen LogP contribution in [-0.2, 0) is 0 Å². The van der Waals surface area contributed by atoms with E-state index >= 15 is 0 Å². The number of pyridine rings is 1. The molecule has 1 aromatic heterocycles. The van der Waals surface area contributed by atoms with Crippen molar-refractivity contribution in [2.75, 3.05) is 18.0 Å². The van der Waals surface area contributed by atoms with Crippen molar-refractivity contribution >= 4 is 23.1 Å². The zero-order valence-corrected chi connectivity index (χ0v) is 12.8. The van der Waals surface area contributed by atoms with Crippen LogP contribution in [0.4, 0.5) is 10.1 Å². The maximum absolute atomic E-state index is 12.9. The summed E-state index contributed by atoms with van der Waals surface area (Å²) < 4.78 is 12.9. The number of rotatable bonds is 3. The van der Waals surface area contributed by atoms with Crippen molar-refractivity contribution in [2.24, 2.45) is 5.92 Å². The number of hydrogen-bond donors (Lipinski definition) is 0. The summed E-state index contributed by atoms with van der Waals surface area (Å²) in [5.74, 6) is -0.215. The van der Waals surface area contributed by atoms with E-state index in [0.29, 0.717) is 10.7 Å². The zero-order valence-electron chi connectivity index (χ0n) is 12.0. The van der Waals surface area contributed by atoms with Crippen LogP contribution < -0.4 is 4.90 Å². The maximum atomic E-state index is 12.9. The molecule has 0 saturated carbocycles. The van der Waals surface area contributed by atoms with Crippen molar-refractivity contribution in [1.82, 2.24) is 4.98 Å². The van der Waals surface area contributed by atoms with Gasteiger partial charge in [-0.15, -0.1) is 0 Å². The van der Waals surface area contributed by atoms with E-state index in [0.717, 1.165) is 31.6 Å². The van der Waals surface area contributed by atoms with Gasteiger partial charge in [-0.2, -0.15) is 0 Å². The summed E-state index contributed by atoms with van der Waals surface area (Å²) in [6.07, 6.45) is 3.26. The van der Waals surface area contributed by atoms with E-state index < -0.39 is 0 Å². The van der Waals surface area contributed by atoms with Gasteiger partial charge in [-0.05, 0) is 49.2 Å². The number of hydrogen-bond acceptors (Lipinski definition) is 3. The van der Waals surface area contributed by atoms with Gasteiger partial charge in [0, 0.05) is 36.5 Å². The number of carbonyl (C=O) groups is 1. The first kappa shape index (κ1) is 15.0. The predicted octanol–water partition coefficient (Wildman–Crippen LogP) is 3.97. The van der Waals surface area contributed by atoms with Gasteiger partial charge in [-0.25, -0.2) is 9.37 Å². The Bertz CT molecular complexity index is 667. The molecule has 1 saturated heterocycles. The van der Waals surface area contributed by atoms with Gasteiger partial charge in [-0.3, -0.25) is 4.79 Å². The Kier molecular flexibility index (Phi) is 4.39. The molecule has 0 spiro atoms. The molecule has 3 nitrogen and oxygen atoms in total. The minimum atomic E-state index is -0.319. The van der Waals surface area contributed by atoms with Crippen molar-refractivity contribution in [3.05, 3.63) is 59.1 Å². The van der Waals surface area contributed by atoms with Crippen molar-refractivity contribution in [3.8, 4) is 0 Å². The van der Waals surface area contributed by atoms with Crippen LogP contribution in [-0.4, -0.2) is 23.9 Å². The number of carbonyl (C=O) groups excluding carboxylic acids is 1. The number of halogens is 2. The van der Waals surface area contributed by atoms with Gasteiger partial charge in [0.15, 0.2) is 5.78 Å². The fraction of sp³-hybridized carbons (Fsp3) is 0.294. The average molecular weight is 319 g/mol. The van der Waals surface area contributed by atoms with Crippen LogP contribution in [0.1, 0.15) is 23.2 Å². The molecule has 1 aliphatic heterocycles. The van der Waals surface area contributed by atoms with Gasteiger partial charge in [0.25, 0.3) is 0 Å². The first-order chi connectivity index (χ1) is 10.6. The summed E-state index contributed by atoms with van der Waals surface area (Å²) in [6.45, 7) is 1.61. The van der Waals surface area contributed by atoms with Crippen LogP contribution in [0.5, 0.6) is 0 Å². The molecule has 5 heteroatoms. The standard InChI is InChI=1S/C17H16ClFN2O/c18-16-11-15(5-8-20-16)21-9-6-13(7-10-21)17(22)12-1-3-14(19)4-2-12/h1-5,8,11,13H,6-7,9-10H2. The molecule has 0 radical (unpaired) electrons. The predicted molar refractivity (Wildman–Crippen MR) is 84.9 cm³/mol. The van der Waals surface area contributed by atoms with Crippen LogP contribution in [0.25, 0.3) is 0 Å². The van der Waals surface area contributed by atoms with E-state index in [4.69, 9.17) is 11.6 Å². The Morgan fingerprint density at radius 2 is 1.86 bits per heavy atom. The lowest BCUT2D eigenvalue weighted by Gasteiger charge is -2.33. The summed E-state index contributed by atoms with van der Waals surface area (Å²) in [5.41, 5.74) is 1.62. The molecule has 22 heavy (non-hydrogen) atoms. The molecule has 1 aliphatic rings. The Hall–Kier alpha value is -1.94. The molecule has 0 unspecified atom stereocenters. The fourth-order valence-electron chi connectivity index (χ4n) is 2.84. The fourth-order valence-corrected chi connectivity index (χ4v) is 3.01. The molecule has 0 bridgehead atoms. The first-order valence-corrected chi connectivity index (χ1v) is 7.67. The van der Waals surface area contributed by atoms with Crippen LogP contribution in [0.3, 0.4) is 0 Å². The quantitative estimate of drug-likeness (QED) is 0.634. The molecule has 1 aromatic carbocycles. The highest BCUT2D eigenvalue weighted by Crippen LogP contribution is 2.26. The summed E-state index contributed by atoms with van der Waals surface area (Å²) in [7, 11) is 0. The number of anilines is 1. The van der Waals surface area contributed by atoms with Gasteiger partial charge in [0.05, 0.1) is 0 Å². The smallest absolute Gasteiger partial charge is 0.166 e. The summed E-state index contributed by atoms with van der Waals surface area (Å²) in [6, 6.07) is 9.56. The molecule has 2 heterocycles. The Morgan fingerprint density at radius 3 is 2.50 bits per heavy atom. The first-order valence-electron chi connectivity index (χ1n) is 7.30. The zero-order chi connectivity index (χ0) is 15.5. The molecule has 0 aliphatic carbocycles. The van der Waals surface area contributed by atoms with E-state index in [9.17, 15) is 9.18 Å². The monoisotopic (exact) mass is 318 g/mol. The average Bonchev–Trinajstić information content (AvgIpc) is 2.55. The van der Waals surface area contributed by atoms with E-state index in [1.54, 1.807) is 18.3 Å². The second-order valence-electron chi connectivity index (χ2n) is 5.47. The lowest BCUT2D eigenvalue weighted by atomic mass is 9.89. The Balaban J connectivity index is 1.64. The lowest BCUT2D eigenvalue weighted by molar-refractivity contribution is 0.0900. The molecule has 0 amide bonds. The molecular formula is C17H16ClFN2O. The topological polar surface area (TPSA) is 33.2 Å². The van der Waals surface area contributed by atoms with Crippen LogP contribution >= 0.6 is 11.6 Å². The van der Waals surface area contributed by atoms with Crippen molar-refractivity contribution < 1.29 is 9.18 Å². The van der Waals surface area contributed by atoms with E-state index in [-0.39, 0.29) is 17.5 Å². The van der Waals surface area contributed by atoms with E-state index in [1.165, 1.54) is 12.1 Å². The maximum Gasteiger partial charge on any atom is 0.166 e. The molecular weight excluding hydrogens is 303 g/mol. The minimum Gasteiger partial charge on any atom is -0.371 e. The SMILES string of the molecule is O=C(c1ccc(F)cc1)C1CCN(c2ccnc(Cl)c2)CC1. The molecule has 2 aromatic rings. The van der Waals surface area contributed by atoms with E-state index in [2.05, 4.69) is 9.88 Å². The largest absolute Gasteiger partial charge is 0.371 e. The third-order valence-corrected chi connectivity index (χ3v) is 4.28. The van der Waals surface area contributed by atoms with Crippen LogP contribution in [0, 0.1) is 11.7 Å². The number of benzene rings is 1. The minimum absolute atomic E-state index is 0.000907. The van der Waals surface area contributed by atoms with E-state index in [1.807, 2.05) is 12.1 Å². The van der Waals surface area contributed by atoms with Crippen molar-refractivity contribution in [1.29, 1.82) is 0 Å². The summed E-state index contributed by atoms with van der Waals surface area (Å²) in [4.78, 5) is 18.6. The molecule has 114 valence electrons. The molecule has 1 fully saturated rings. The number of ketones is 1. The normalized spacial score (nSPS) is 15.8. The lowest BCUT2D eigenvalue weighted by Crippen LogP contribution is -2.36. The number of Topliss-reactive ketones (excluding diaryl/α,β-unsaturated/α-hetero) is 1. The molecule has 3 rings (SSSR count). The van der Waals surface area contributed by atoms with Gasteiger partial charge < -0.3 is 4.90 Å². The third-order valence-electron chi connectivity index (χ3n) is 4.07. The van der Waals surface area contributed by atoms with Crippen molar-refractivity contribution in [3.63, 3.8) is 0 Å². The number of aromatic nitrogens is 1. The highest BCUT2D eigenvalue weighted by atomic mass is 35.5. The van der Waals surface area contributed by atoms with Gasteiger partial charge in [0.1, 0.15) is 11.0 Å². The second-order valence-corrected chi connectivity index (χ2v) is 5.86. The molecule has 0 N–H and O–H groups in total. The van der Waals surface area contributed by atoms with Crippen molar-refractivity contribution in [2.45, 2.75) is 12.8 Å². The van der Waals surface area contributed by atoms with Gasteiger partial charge in [-0.1, -0.05) is 11.6 Å². The summed E-state index contributed by atoms with van der Waals surface area (Å²) in [5, 5.41) is 0.474. The third kappa shape index (κ3) is 3.28.